The molecular formula is C20H15F3N4O2. The summed E-state index contributed by atoms with van der Waals surface area (Å²) in [5.41, 5.74) is 2.77. The van der Waals surface area contributed by atoms with Gasteiger partial charge < -0.3 is 9.47 Å². The number of aromatic nitrogens is 4. The van der Waals surface area contributed by atoms with Crippen molar-refractivity contribution in [2.45, 2.75) is 19.6 Å². The average Bonchev–Trinajstić information content (AvgIpc) is 3.10. The molecule has 4 aromatic rings. The molecule has 0 atom stereocenters. The zero-order chi connectivity index (χ0) is 20.3. The summed E-state index contributed by atoms with van der Waals surface area (Å²) >= 11 is 0. The van der Waals surface area contributed by atoms with Gasteiger partial charge >= 0.3 is 6.36 Å². The Morgan fingerprint density at radius 1 is 0.828 bits per heavy atom. The maximum Gasteiger partial charge on any atom is 0.573 e. The zero-order valence-corrected chi connectivity index (χ0v) is 15.0. The van der Waals surface area contributed by atoms with Gasteiger partial charge in [0.1, 0.15) is 12.4 Å². The molecule has 0 saturated carbocycles. The van der Waals surface area contributed by atoms with Gasteiger partial charge in [0.15, 0.2) is 11.5 Å². The summed E-state index contributed by atoms with van der Waals surface area (Å²) in [7, 11) is 0. The van der Waals surface area contributed by atoms with Gasteiger partial charge in [0, 0.05) is 5.56 Å². The maximum atomic E-state index is 12.3. The Labute approximate surface area is 163 Å². The summed E-state index contributed by atoms with van der Waals surface area (Å²) in [6.07, 6.45) is -4.73. The van der Waals surface area contributed by atoms with Gasteiger partial charge in [-0.3, -0.25) is 0 Å². The first-order valence-electron chi connectivity index (χ1n) is 8.67. The molecule has 0 aliphatic rings. The number of benzene rings is 2. The van der Waals surface area contributed by atoms with E-state index in [1.54, 1.807) is 16.6 Å². The molecule has 0 saturated heterocycles. The summed E-state index contributed by atoms with van der Waals surface area (Å²) in [6.45, 7) is 0.640. The van der Waals surface area contributed by atoms with E-state index in [9.17, 15) is 13.2 Å². The van der Waals surface area contributed by atoms with Crippen LogP contribution in [-0.2, 0) is 18.0 Å². The van der Waals surface area contributed by atoms with Crippen LogP contribution in [0.25, 0.3) is 16.9 Å². The van der Waals surface area contributed by atoms with Crippen LogP contribution in [0.2, 0.25) is 0 Å². The molecule has 0 unspecified atom stereocenters. The molecule has 9 heteroatoms. The molecule has 2 heterocycles. The molecule has 148 valence electrons. The molecule has 0 spiro atoms. The van der Waals surface area contributed by atoms with Crippen molar-refractivity contribution in [2.75, 3.05) is 0 Å². The lowest BCUT2D eigenvalue weighted by Gasteiger charge is -2.09. The predicted octanol–water partition coefficient (Wildman–Crippen LogP) is 4.41. The molecule has 0 fully saturated rings. The molecule has 29 heavy (non-hydrogen) atoms. The minimum absolute atomic E-state index is 0.213. The van der Waals surface area contributed by atoms with E-state index in [0.29, 0.717) is 29.3 Å². The molecule has 0 amide bonds. The number of ether oxygens (including phenoxy) is 2. The highest BCUT2D eigenvalue weighted by atomic mass is 19.4. The van der Waals surface area contributed by atoms with Gasteiger partial charge in [-0.1, -0.05) is 30.3 Å². The second kappa shape index (κ2) is 7.88. The fourth-order valence-electron chi connectivity index (χ4n) is 2.74. The average molecular weight is 400 g/mol. The van der Waals surface area contributed by atoms with E-state index in [1.807, 2.05) is 30.3 Å². The predicted molar refractivity (Wildman–Crippen MR) is 97.8 cm³/mol. The van der Waals surface area contributed by atoms with Gasteiger partial charge in [0.05, 0.1) is 12.3 Å². The highest BCUT2D eigenvalue weighted by molar-refractivity contribution is 5.61. The molecule has 0 N–H and O–H groups in total. The van der Waals surface area contributed by atoms with Crippen molar-refractivity contribution in [1.29, 1.82) is 0 Å². The SMILES string of the molecule is FC(F)(F)Oc1ccc(-c2ccc3nnc(COCc4ccccc4)n3n2)cc1. The van der Waals surface area contributed by atoms with Crippen LogP contribution in [0.4, 0.5) is 13.2 Å². The van der Waals surface area contributed by atoms with Crippen LogP contribution < -0.4 is 4.74 Å². The second-order valence-corrected chi connectivity index (χ2v) is 6.16. The number of rotatable bonds is 6. The first-order chi connectivity index (χ1) is 14.0. The van der Waals surface area contributed by atoms with Crippen molar-refractivity contribution in [3.8, 4) is 17.0 Å². The summed E-state index contributed by atoms with van der Waals surface area (Å²) in [5, 5.41) is 12.6. The Balaban J connectivity index is 1.50. The minimum atomic E-state index is -4.73. The molecule has 0 aliphatic heterocycles. The van der Waals surface area contributed by atoms with Crippen molar-refractivity contribution < 1.29 is 22.6 Å². The number of alkyl halides is 3. The van der Waals surface area contributed by atoms with Gasteiger partial charge in [-0.05, 0) is 42.0 Å². The van der Waals surface area contributed by atoms with Gasteiger partial charge in [-0.15, -0.1) is 23.4 Å². The molecule has 6 nitrogen and oxygen atoms in total. The van der Waals surface area contributed by atoms with Crippen LogP contribution >= 0.6 is 0 Å². The highest BCUT2D eigenvalue weighted by Crippen LogP contribution is 2.25. The Hall–Kier alpha value is -3.46. The third-order valence-corrected chi connectivity index (χ3v) is 4.05. The third-order valence-electron chi connectivity index (χ3n) is 4.05. The van der Waals surface area contributed by atoms with E-state index in [1.165, 1.54) is 24.3 Å². The fourth-order valence-corrected chi connectivity index (χ4v) is 2.74. The van der Waals surface area contributed by atoms with Crippen molar-refractivity contribution in [2.24, 2.45) is 0 Å². The highest BCUT2D eigenvalue weighted by Gasteiger charge is 2.31. The van der Waals surface area contributed by atoms with E-state index < -0.39 is 6.36 Å². The van der Waals surface area contributed by atoms with E-state index in [2.05, 4.69) is 20.0 Å². The van der Waals surface area contributed by atoms with Crippen LogP contribution in [0.1, 0.15) is 11.4 Å². The van der Waals surface area contributed by atoms with Gasteiger partial charge in [-0.25, -0.2) is 0 Å². The van der Waals surface area contributed by atoms with Crippen LogP contribution in [-0.4, -0.2) is 26.2 Å². The van der Waals surface area contributed by atoms with Crippen molar-refractivity contribution in [3.05, 3.63) is 78.1 Å². The van der Waals surface area contributed by atoms with Gasteiger partial charge in [0.2, 0.25) is 0 Å². The third kappa shape index (κ3) is 4.69. The van der Waals surface area contributed by atoms with Gasteiger partial charge in [0.25, 0.3) is 0 Å². The number of halogens is 3. The quantitative estimate of drug-likeness (QED) is 0.480. The number of nitrogens with zero attached hydrogens (tertiary/aromatic N) is 4. The monoisotopic (exact) mass is 400 g/mol. The molecule has 0 aliphatic carbocycles. The molecule has 2 aromatic heterocycles. The van der Waals surface area contributed by atoms with Crippen LogP contribution in [0, 0.1) is 0 Å². The summed E-state index contributed by atoms with van der Waals surface area (Å²) in [4.78, 5) is 0. The van der Waals surface area contributed by atoms with E-state index in [0.717, 1.165) is 5.56 Å². The molecule has 0 radical (unpaired) electrons. The number of hydrogen-bond donors (Lipinski definition) is 0. The fraction of sp³-hybridized carbons (Fsp3) is 0.150. The lowest BCUT2D eigenvalue weighted by atomic mass is 10.1. The summed E-state index contributed by atoms with van der Waals surface area (Å²) in [6, 6.07) is 18.7. The minimum Gasteiger partial charge on any atom is -0.406 e. The van der Waals surface area contributed by atoms with E-state index in [4.69, 9.17) is 4.74 Å². The van der Waals surface area contributed by atoms with Crippen LogP contribution in [0.5, 0.6) is 5.75 Å². The van der Waals surface area contributed by atoms with E-state index >= 15 is 0 Å². The van der Waals surface area contributed by atoms with Crippen molar-refractivity contribution >= 4 is 5.65 Å². The molecule has 0 bridgehead atoms. The Kier molecular flexibility index (Phi) is 5.13. The van der Waals surface area contributed by atoms with Crippen molar-refractivity contribution in [3.63, 3.8) is 0 Å². The first-order valence-corrected chi connectivity index (χ1v) is 8.67. The van der Waals surface area contributed by atoms with Crippen molar-refractivity contribution in [1.82, 2.24) is 19.8 Å². The Morgan fingerprint density at radius 2 is 1.59 bits per heavy atom. The van der Waals surface area contributed by atoms with Crippen LogP contribution in [0.15, 0.2) is 66.7 Å². The summed E-state index contributed by atoms with van der Waals surface area (Å²) < 4.78 is 48.0. The van der Waals surface area contributed by atoms with Crippen LogP contribution in [0.3, 0.4) is 0 Å². The topological polar surface area (TPSA) is 61.5 Å². The molecule has 2 aromatic carbocycles. The smallest absolute Gasteiger partial charge is 0.406 e. The first kappa shape index (κ1) is 18.9. The normalized spacial score (nSPS) is 11.7. The zero-order valence-electron chi connectivity index (χ0n) is 15.0. The standard InChI is InChI=1S/C20H15F3N4O2/c21-20(22,23)29-16-8-6-15(7-9-16)17-10-11-18-24-25-19(27(18)26-17)13-28-12-14-4-2-1-3-5-14/h1-11H,12-13H2. The summed E-state index contributed by atoms with van der Waals surface area (Å²) in [5.74, 6) is 0.233. The molecular weight excluding hydrogens is 385 g/mol. The number of fused-ring (bicyclic) bond motifs is 1. The maximum absolute atomic E-state index is 12.3. The largest absolute Gasteiger partial charge is 0.573 e. The Morgan fingerprint density at radius 3 is 2.31 bits per heavy atom. The van der Waals surface area contributed by atoms with E-state index in [-0.39, 0.29) is 12.4 Å². The van der Waals surface area contributed by atoms with Gasteiger partial charge in [-0.2, -0.15) is 9.61 Å². The lowest BCUT2D eigenvalue weighted by molar-refractivity contribution is -0.274. The molecule has 4 rings (SSSR count). The lowest BCUT2D eigenvalue weighted by Crippen LogP contribution is -2.16. The number of hydrogen-bond acceptors (Lipinski definition) is 5. The second-order valence-electron chi connectivity index (χ2n) is 6.16. The Bertz CT molecular complexity index is 1100.